The normalized spacial score (nSPS) is 25.4. The maximum Gasteiger partial charge on any atom is 0.225 e. The van der Waals surface area contributed by atoms with E-state index < -0.39 is 0 Å². The van der Waals surface area contributed by atoms with Crippen LogP contribution in [0.1, 0.15) is 50.0 Å². The standard InChI is InChI=1S/C20H25FN2O2/c21-15-3-6-17-18(12-22-19(17)11-15)13-7-9-23(10-8-13)20(25)14-1-4-16(24)5-2-14/h3,6,11-14,16,22,24H,1-2,4-5,7-10H2. The molecule has 1 amide bonds. The predicted molar refractivity (Wildman–Crippen MR) is 94.8 cm³/mol. The van der Waals surface area contributed by atoms with Crippen molar-refractivity contribution in [2.75, 3.05) is 13.1 Å². The highest BCUT2D eigenvalue weighted by Crippen LogP contribution is 2.34. The second-order valence-electron chi connectivity index (χ2n) is 7.54. The first-order valence-corrected chi connectivity index (χ1v) is 9.35. The van der Waals surface area contributed by atoms with Crippen LogP contribution in [0.5, 0.6) is 0 Å². The van der Waals surface area contributed by atoms with E-state index in [1.807, 2.05) is 17.2 Å². The predicted octanol–water partition coefficient (Wildman–Crippen LogP) is 3.56. The number of carbonyl (C=O) groups is 1. The van der Waals surface area contributed by atoms with E-state index in [1.165, 1.54) is 17.7 Å². The van der Waals surface area contributed by atoms with Gasteiger partial charge < -0.3 is 15.0 Å². The van der Waals surface area contributed by atoms with Gasteiger partial charge in [-0.15, -0.1) is 0 Å². The quantitative estimate of drug-likeness (QED) is 0.875. The topological polar surface area (TPSA) is 56.3 Å². The average Bonchev–Trinajstić information content (AvgIpc) is 3.05. The van der Waals surface area contributed by atoms with Gasteiger partial charge in [-0.1, -0.05) is 0 Å². The fourth-order valence-electron chi connectivity index (χ4n) is 4.45. The summed E-state index contributed by atoms with van der Waals surface area (Å²) in [4.78, 5) is 17.9. The van der Waals surface area contributed by atoms with Crippen LogP contribution >= 0.6 is 0 Å². The molecule has 5 heteroatoms. The van der Waals surface area contributed by atoms with Gasteiger partial charge in [-0.05, 0) is 68.2 Å². The Hall–Kier alpha value is -1.88. The molecule has 25 heavy (non-hydrogen) atoms. The number of H-pyrrole nitrogens is 1. The van der Waals surface area contributed by atoms with Gasteiger partial charge in [-0.2, -0.15) is 0 Å². The minimum atomic E-state index is -0.223. The molecule has 1 aromatic carbocycles. The van der Waals surface area contributed by atoms with Gasteiger partial charge in [0.05, 0.1) is 6.10 Å². The zero-order chi connectivity index (χ0) is 17.4. The molecule has 0 radical (unpaired) electrons. The van der Waals surface area contributed by atoms with Crippen LogP contribution in [0.3, 0.4) is 0 Å². The zero-order valence-corrected chi connectivity index (χ0v) is 14.4. The molecule has 134 valence electrons. The number of aliphatic hydroxyl groups excluding tert-OH is 1. The fourth-order valence-corrected chi connectivity index (χ4v) is 4.45. The molecule has 1 aromatic heterocycles. The van der Waals surface area contributed by atoms with Crippen LogP contribution in [0, 0.1) is 11.7 Å². The third kappa shape index (κ3) is 3.30. The summed E-state index contributed by atoms with van der Waals surface area (Å²) >= 11 is 0. The van der Waals surface area contributed by atoms with Crippen LogP contribution in [0.4, 0.5) is 4.39 Å². The van der Waals surface area contributed by atoms with Crippen molar-refractivity contribution in [2.45, 2.75) is 50.5 Å². The Balaban J connectivity index is 1.40. The van der Waals surface area contributed by atoms with E-state index in [1.54, 1.807) is 0 Å². The van der Waals surface area contributed by atoms with Gasteiger partial charge in [0.25, 0.3) is 0 Å². The van der Waals surface area contributed by atoms with Crippen molar-refractivity contribution in [3.8, 4) is 0 Å². The zero-order valence-electron chi connectivity index (χ0n) is 14.4. The molecule has 2 N–H and O–H groups in total. The Kier molecular flexibility index (Phi) is 4.50. The molecule has 1 aliphatic heterocycles. The minimum absolute atomic E-state index is 0.0935. The Morgan fingerprint density at radius 3 is 2.56 bits per heavy atom. The first-order chi connectivity index (χ1) is 12.1. The fraction of sp³-hybridized carbons (Fsp3) is 0.550. The lowest BCUT2D eigenvalue weighted by atomic mass is 9.85. The molecule has 1 saturated carbocycles. The first-order valence-electron chi connectivity index (χ1n) is 9.35. The Morgan fingerprint density at radius 1 is 1.12 bits per heavy atom. The van der Waals surface area contributed by atoms with Crippen molar-refractivity contribution >= 4 is 16.8 Å². The van der Waals surface area contributed by atoms with Crippen molar-refractivity contribution in [1.82, 2.24) is 9.88 Å². The highest BCUT2D eigenvalue weighted by Gasteiger charge is 2.31. The van der Waals surface area contributed by atoms with Gasteiger partial charge in [0.1, 0.15) is 5.82 Å². The first kappa shape index (κ1) is 16.6. The van der Waals surface area contributed by atoms with E-state index in [0.717, 1.165) is 62.5 Å². The molecule has 2 heterocycles. The average molecular weight is 344 g/mol. The number of aromatic amines is 1. The second kappa shape index (κ2) is 6.79. The van der Waals surface area contributed by atoms with Crippen molar-refractivity contribution < 1.29 is 14.3 Å². The largest absolute Gasteiger partial charge is 0.393 e. The van der Waals surface area contributed by atoms with Gasteiger partial charge >= 0.3 is 0 Å². The van der Waals surface area contributed by atoms with Crippen LogP contribution in [-0.4, -0.2) is 40.1 Å². The van der Waals surface area contributed by atoms with E-state index in [4.69, 9.17) is 0 Å². The summed E-state index contributed by atoms with van der Waals surface area (Å²) in [6.45, 7) is 1.58. The van der Waals surface area contributed by atoms with E-state index in [2.05, 4.69) is 4.98 Å². The van der Waals surface area contributed by atoms with Crippen molar-refractivity contribution in [3.63, 3.8) is 0 Å². The number of hydrogen-bond donors (Lipinski definition) is 2. The molecule has 2 aliphatic rings. The van der Waals surface area contributed by atoms with Crippen LogP contribution in [0.2, 0.25) is 0 Å². The highest BCUT2D eigenvalue weighted by atomic mass is 19.1. The summed E-state index contributed by atoms with van der Waals surface area (Å²) in [5.74, 6) is 0.553. The van der Waals surface area contributed by atoms with E-state index >= 15 is 0 Å². The van der Waals surface area contributed by atoms with Crippen LogP contribution in [0.15, 0.2) is 24.4 Å². The number of halogens is 1. The number of aromatic nitrogens is 1. The van der Waals surface area contributed by atoms with Crippen molar-refractivity contribution in [2.24, 2.45) is 5.92 Å². The van der Waals surface area contributed by atoms with Crippen molar-refractivity contribution in [3.05, 3.63) is 35.8 Å². The molecule has 4 nitrogen and oxygen atoms in total. The number of rotatable bonds is 2. The summed E-state index contributed by atoms with van der Waals surface area (Å²) in [7, 11) is 0. The summed E-state index contributed by atoms with van der Waals surface area (Å²) in [6.07, 6.45) is 6.80. The maximum absolute atomic E-state index is 13.3. The number of likely N-dealkylation sites (tertiary alicyclic amines) is 1. The monoisotopic (exact) mass is 344 g/mol. The number of benzene rings is 1. The Bertz CT molecular complexity index is 756. The molecular formula is C20H25FN2O2. The van der Waals surface area contributed by atoms with Crippen LogP contribution in [0.25, 0.3) is 10.9 Å². The number of piperidine rings is 1. The highest BCUT2D eigenvalue weighted by molar-refractivity contribution is 5.84. The van der Waals surface area contributed by atoms with Gasteiger partial charge in [-0.25, -0.2) is 4.39 Å². The number of aliphatic hydroxyl groups is 1. The summed E-state index contributed by atoms with van der Waals surface area (Å²) in [6, 6.07) is 4.90. The number of nitrogens with zero attached hydrogens (tertiary/aromatic N) is 1. The maximum atomic E-state index is 13.3. The number of fused-ring (bicyclic) bond motifs is 1. The van der Waals surface area contributed by atoms with E-state index in [-0.39, 0.29) is 23.7 Å². The molecule has 1 saturated heterocycles. The smallest absolute Gasteiger partial charge is 0.225 e. The minimum Gasteiger partial charge on any atom is -0.393 e. The van der Waals surface area contributed by atoms with Gasteiger partial charge in [0, 0.05) is 36.1 Å². The van der Waals surface area contributed by atoms with Gasteiger partial charge in [-0.3, -0.25) is 4.79 Å². The molecule has 0 bridgehead atoms. The van der Waals surface area contributed by atoms with E-state index in [0.29, 0.717) is 5.92 Å². The number of carbonyl (C=O) groups excluding carboxylic acids is 1. The van der Waals surface area contributed by atoms with E-state index in [9.17, 15) is 14.3 Å². The number of hydrogen-bond acceptors (Lipinski definition) is 2. The molecular weight excluding hydrogens is 319 g/mol. The summed E-state index contributed by atoms with van der Waals surface area (Å²) < 4.78 is 13.3. The molecule has 0 spiro atoms. The summed E-state index contributed by atoms with van der Waals surface area (Å²) in [5, 5.41) is 10.7. The lowest BCUT2D eigenvalue weighted by Crippen LogP contribution is -2.42. The number of amides is 1. The third-order valence-corrected chi connectivity index (χ3v) is 5.97. The van der Waals surface area contributed by atoms with Crippen molar-refractivity contribution in [1.29, 1.82) is 0 Å². The Labute approximate surface area is 147 Å². The molecule has 4 rings (SSSR count). The Morgan fingerprint density at radius 2 is 1.84 bits per heavy atom. The van der Waals surface area contributed by atoms with Crippen LogP contribution in [-0.2, 0) is 4.79 Å². The van der Waals surface area contributed by atoms with Crippen LogP contribution < -0.4 is 0 Å². The SMILES string of the molecule is O=C(C1CCC(O)CC1)N1CCC(c2c[nH]c3cc(F)ccc23)CC1. The molecule has 2 aromatic rings. The second-order valence-corrected chi connectivity index (χ2v) is 7.54. The molecule has 0 unspecified atom stereocenters. The van der Waals surface area contributed by atoms with Gasteiger partial charge in [0.15, 0.2) is 0 Å². The molecule has 2 fully saturated rings. The lowest BCUT2D eigenvalue weighted by Gasteiger charge is -2.35. The third-order valence-electron chi connectivity index (χ3n) is 5.97. The summed E-state index contributed by atoms with van der Waals surface area (Å²) in [5.41, 5.74) is 2.08. The molecule has 0 atom stereocenters. The van der Waals surface area contributed by atoms with Gasteiger partial charge in [0.2, 0.25) is 5.91 Å². The molecule has 1 aliphatic carbocycles. The lowest BCUT2D eigenvalue weighted by molar-refractivity contribution is -0.138. The number of nitrogens with one attached hydrogen (secondary N) is 1.